The minimum absolute atomic E-state index is 0.319. The smallest absolute Gasteiger partial charge is 0.323 e. The zero-order valence-corrected chi connectivity index (χ0v) is 9.88. The Labute approximate surface area is 92.3 Å². The summed E-state index contributed by atoms with van der Waals surface area (Å²) in [6, 6.07) is 0.319. The minimum atomic E-state index is -0.664. The number of carboxylic acids is 1. The molecule has 1 aliphatic rings. The molecule has 0 aromatic rings. The number of hydrogen-bond donors (Lipinski definition) is 2. The van der Waals surface area contributed by atoms with Crippen molar-refractivity contribution < 1.29 is 9.90 Å². The van der Waals surface area contributed by atoms with Gasteiger partial charge in [-0.15, -0.1) is 0 Å². The maximum Gasteiger partial charge on any atom is 0.323 e. The van der Waals surface area contributed by atoms with Crippen LogP contribution in [0.25, 0.3) is 0 Å². The van der Waals surface area contributed by atoms with Crippen LogP contribution >= 0.6 is 0 Å². The lowest BCUT2D eigenvalue weighted by Crippen LogP contribution is -2.53. The van der Waals surface area contributed by atoms with E-state index in [1.54, 1.807) is 0 Å². The van der Waals surface area contributed by atoms with Crippen LogP contribution in [0.15, 0.2) is 0 Å². The summed E-state index contributed by atoms with van der Waals surface area (Å²) < 4.78 is 0. The maximum atomic E-state index is 11.3. The van der Waals surface area contributed by atoms with Gasteiger partial charge in [-0.1, -0.05) is 32.6 Å². The lowest BCUT2D eigenvalue weighted by atomic mass is 9.95. The van der Waals surface area contributed by atoms with Crippen molar-refractivity contribution in [2.45, 2.75) is 70.4 Å². The zero-order chi connectivity index (χ0) is 11.3. The van der Waals surface area contributed by atoms with Gasteiger partial charge >= 0.3 is 5.97 Å². The Balaban J connectivity index is 2.48. The van der Waals surface area contributed by atoms with Gasteiger partial charge in [0.05, 0.1) is 0 Å². The van der Waals surface area contributed by atoms with Gasteiger partial charge < -0.3 is 5.11 Å². The van der Waals surface area contributed by atoms with Crippen LogP contribution in [0.5, 0.6) is 0 Å². The van der Waals surface area contributed by atoms with E-state index in [-0.39, 0.29) is 0 Å². The molecule has 0 aliphatic heterocycles. The van der Waals surface area contributed by atoms with Gasteiger partial charge in [0.15, 0.2) is 0 Å². The number of rotatable bonds is 6. The molecule has 1 rings (SSSR count). The molecule has 0 aromatic carbocycles. The Hall–Kier alpha value is -0.570. The molecule has 1 atom stereocenters. The Morgan fingerprint density at radius 2 is 2.07 bits per heavy atom. The fraction of sp³-hybridized carbons (Fsp3) is 0.917. The number of unbranched alkanes of at least 4 members (excludes halogenated alkanes) is 1. The number of carboxylic acid groups (broad SMARTS) is 1. The van der Waals surface area contributed by atoms with Gasteiger partial charge in [0, 0.05) is 6.04 Å². The molecule has 1 saturated carbocycles. The highest BCUT2D eigenvalue weighted by molar-refractivity contribution is 5.79. The molecule has 0 saturated heterocycles. The highest BCUT2D eigenvalue weighted by Crippen LogP contribution is 2.30. The van der Waals surface area contributed by atoms with Crippen LogP contribution in [0.4, 0.5) is 0 Å². The van der Waals surface area contributed by atoms with E-state index in [9.17, 15) is 9.90 Å². The van der Waals surface area contributed by atoms with E-state index in [1.165, 1.54) is 12.8 Å². The van der Waals surface area contributed by atoms with E-state index in [2.05, 4.69) is 19.2 Å². The average Bonchev–Trinajstić information content (AvgIpc) is 2.64. The van der Waals surface area contributed by atoms with Gasteiger partial charge in [0.25, 0.3) is 0 Å². The summed E-state index contributed by atoms with van der Waals surface area (Å²) in [5, 5.41) is 12.6. The zero-order valence-electron chi connectivity index (χ0n) is 9.88. The largest absolute Gasteiger partial charge is 0.480 e. The highest BCUT2D eigenvalue weighted by atomic mass is 16.4. The molecular formula is C12H23NO2. The van der Waals surface area contributed by atoms with E-state index in [1.807, 2.05) is 0 Å². The van der Waals surface area contributed by atoms with Gasteiger partial charge in [-0.3, -0.25) is 10.1 Å². The van der Waals surface area contributed by atoms with E-state index in [0.717, 1.165) is 32.1 Å². The summed E-state index contributed by atoms with van der Waals surface area (Å²) in [4.78, 5) is 11.3. The predicted molar refractivity (Wildman–Crippen MR) is 61.0 cm³/mol. The Morgan fingerprint density at radius 1 is 1.47 bits per heavy atom. The first kappa shape index (κ1) is 12.5. The molecule has 15 heavy (non-hydrogen) atoms. The van der Waals surface area contributed by atoms with Crippen LogP contribution in [-0.4, -0.2) is 22.7 Å². The maximum absolute atomic E-state index is 11.3. The third kappa shape index (κ3) is 3.20. The quantitative estimate of drug-likeness (QED) is 0.713. The summed E-state index contributed by atoms with van der Waals surface area (Å²) in [6.07, 6.45) is 7.08. The fourth-order valence-corrected chi connectivity index (χ4v) is 2.45. The van der Waals surface area contributed by atoms with Crippen molar-refractivity contribution in [3.63, 3.8) is 0 Å². The Kier molecular flexibility index (Phi) is 4.58. The summed E-state index contributed by atoms with van der Waals surface area (Å²) in [5.74, 6) is -0.664. The molecule has 0 aromatic heterocycles. The highest BCUT2D eigenvalue weighted by Gasteiger charge is 2.41. The van der Waals surface area contributed by atoms with Gasteiger partial charge in [0.1, 0.15) is 5.54 Å². The molecule has 3 nitrogen and oxygen atoms in total. The summed E-state index contributed by atoms with van der Waals surface area (Å²) >= 11 is 0. The second-order valence-corrected chi connectivity index (χ2v) is 4.78. The first-order valence-corrected chi connectivity index (χ1v) is 6.12. The Bertz CT molecular complexity index is 210. The Morgan fingerprint density at radius 3 is 2.53 bits per heavy atom. The SMILES string of the molecule is CCCCC(C)NC1(C(=O)O)CCCC1. The van der Waals surface area contributed by atoms with Crippen LogP contribution in [0.2, 0.25) is 0 Å². The van der Waals surface area contributed by atoms with Crippen molar-refractivity contribution in [1.29, 1.82) is 0 Å². The normalized spacial score (nSPS) is 21.5. The summed E-state index contributed by atoms with van der Waals surface area (Å²) in [7, 11) is 0. The summed E-state index contributed by atoms with van der Waals surface area (Å²) in [6.45, 7) is 4.26. The number of nitrogens with one attached hydrogen (secondary N) is 1. The molecule has 0 heterocycles. The molecule has 0 radical (unpaired) electrons. The molecule has 1 fully saturated rings. The minimum Gasteiger partial charge on any atom is -0.480 e. The van der Waals surface area contributed by atoms with Crippen LogP contribution < -0.4 is 5.32 Å². The van der Waals surface area contributed by atoms with Gasteiger partial charge in [-0.25, -0.2) is 0 Å². The third-order valence-corrected chi connectivity index (χ3v) is 3.38. The standard InChI is InChI=1S/C12H23NO2/c1-3-4-7-10(2)13-12(11(14)15)8-5-6-9-12/h10,13H,3-9H2,1-2H3,(H,14,15). The molecule has 3 heteroatoms. The van der Waals surface area contributed by atoms with Gasteiger partial charge in [-0.2, -0.15) is 0 Å². The van der Waals surface area contributed by atoms with E-state index >= 15 is 0 Å². The van der Waals surface area contributed by atoms with Crippen molar-refractivity contribution in [3.8, 4) is 0 Å². The lowest BCUT2D eigenvalue weighted by Gasteiger charge is -2.29. The second-order valence-electron chi connectivity index (χ2n) is 4.78. The van der Waals surface area contributed by atoms with Crippen LogP contribution in [0.3, 0.4) is 0 Å². The predicted octanol–water partition coefficient (Wildman–Crippen LogP) is 2.55. The molecule has 2 N–H and O–H groups in total. The third-order valence-electron chi connectivity index (χ3n) is 3.38. The molecule has 0 bridgehead atoms. The van der Waals surface area contributed by atoms with Crippen LogP contribution in [0.1, 0.15) is 58.8 Å². The van der Waals surface area contributed by atoms with Crippen molar-refractivity contribution in [2.75, 3.05) is 0 Å². The van der Waals surface area contributed by atoms with E-state index in [4.69, 9.17) is 0 Å². The molecule has 0 amide bonds. The van der Waals surface area contributed by atoms with E-state index < -0.39 is 11.5 Å². The first-order chi connectivity index (χ1) is 7.10. The summed E-state index contributed by atoms with van der Waals surface area (Å²) in [5.41, 5.74) is -0.618. The van der Waals surface area contributed by atoms with Crippen LogP contribution in [0, 0.1) is 0 Å². The fourth-order valence-electron chi connectivity index (χ4n) is 2.45. The topological polar surface area (TPSA) is 49.3 Å². The number of aliphatic carboxylic acids is 1. The van der Waals surface area contributed by atoms with Gasteiger partial charge in [-0.05, 0) is 26.2 Å². The number of hydrogen-bond acceptors (Lipinski definition) is 2. The number of carbonyl (C=O) groups is 1. The second kappa shape index (κ2) is 5.50. The van der Waals surface area contributed by atoms with Crippen molar-refractivity contribution in [2.24, 2.45) is 0 Å². The van der Waals surface area contributed by atoms with Crippen LogP contribution in [-0.2, 0) is 4.79 Å². The van der Waals surface area contributed by atoms with Crippen molar-refractivity contribution in [3.05, 3.63) is 0 Å². The monoisotopic (exact) mass is 213 g/mol. The van der Waals surface area contributed by atoms with Crippen molar-refractivity contribution in [1.82, 2.24) is 5.32 Å². The van der Waals surface area contributed by atoms with Gasteiger partial charge in [0.2, 0.25) is 0 Å². The first-order valence-electron chi connectivity index (χ1n) is 6.12. The van der Waals surface area contributed by atoms with E-state index in [0.29, 0.717) is 6.04 Å². The van der Waals surface area contributed by atoms with Crippen molar-refractivity contribution >= 4 is 5.97 Å². The molecular weight excluding hydrogens is 190 g/mol. The lowest BCUT2D eigenvalue weighted by molar-refractivity contribution is -0.145. The molecule has 0 spiro atoms. The average molecular weight is 213 g/mol. The molecule has 88 valence electrons. The molecule has 1 unspecified atom stereocenters. The molecule has 1 aliphatic carbocycles.